The van der Waals surface area contributed by atoms with Crippen LogP contribution in [0.2, 0.25) is 5.02 Å². The fourth-order valence-corrected chi connectivity index (χ4v) is 6.55. The van der Waals surface area contributed by atoms with Crippen LogP contribution < -0.4 is 21.7 Å². The molecule has 0 saturated carbocycles. The summed E-state index contributed by atoms with van der Waals surface area (Å²) < 4.78 is 33.5. The van der Waals surface area contributed by atoms with E-state index in [-0.39, 0.29) is 30.7 Å². The number of anilines is 2. The second-order valence-electron chi connectivity index (χ2n) is 10.3. The van der Waals surface area contributed by atoms with E-state index in [2.05, 4.69) is 16.0 Å². The van der Waals surface area contributed by atoms with Gasteiger partial charge in [0.1, 0.15) is 6.04 Å². The van der Waals surface area contributed by atoms with Crippen LogP contribution in [0.1, 0.15) is 17.5 Å². The Hall–Kier alpha value is -4.43. The maximum atomic E-state index is 13.8. The van der Waals surface area contributed by atoms with Crippen LogP contribution in [0.3, 0.4) is 0 Å². The highest BCUT2D eigenvalue weighted by atomic mass is 35.5. The SMILES string of the molecule is CN/C=C(\C=N)CN([C@H](CO)CCc1ccccc1NC(=O)[C@H](Cc1ccccc1Cl)NC(=O)OC)S(=O)(=O)c1ccc(N)cc1. The number of hydrogen-bond acceptors (Lipinski definition) is 9. The van der Waals surface area contributed by atoms with E-state index < -0.39 is 40.7 Å². The van der Waals surface area contributed by atoms with Crippen molar-refractivity contribution in [1.82, 2.24) is 14.9 Å². The van der Waals surface area contributed by atoms with Gasteiger partial charge in [0, 0.05) is 60.4 Å². The van der Waals surface area contributed by atoms with Crippen LogP contribution >= 0.6 is 11.6 Å². The molecule has 0 aliphatic carbocycles. The van der Waals surface area contributed by atoms with Gasteiger partial charge in [-0.25, -0.2) is 13.2 Å². The molecule has 14 heteroatoms. The van der Waals surface area contributed by atoms with Crippen LogP contribution in [0.5, 0.6) is 0 Å². The lowest BCUT2D eigenvalue weighted by Crippen LogP contribution is -2.45. The monoisotopic (exact) mass is 670 g/mol. The number of aliphatic hydroxyl groups excluding tert-OH is 1. The minimum absolute atomic E-state index is 0.00994. The molecule has 0 bridgehead atoms. The zero-order valence-electron chi connectivity index (χ0n) is 25.6. The molecule has 2 amide bonds. The normalized spacial score (nSPS) is 13.0. The summed E-state index contributed by atoms with van der Waals surface area (Å²) in [4.78, 5) is 25.5. The molecule has 3 rings (SSSR count). The van der Waals surface area contributed by atoms with E-state index in [1.807, 2.05) is 0 Å². The summed E-state index contributed by atoms with van der Waals surface area (Å²) in [6, 6.07) is 17.8. The summed E-state index contributed by atoms with van der Waals surface area (Å²) in [5.41, 5.74) is 8.31. The first-order valence-electron chi connectivity index (χ1n) is 14.4. The van der Waals surface area contributed by atoms with E-state index >= 15 is 0 Å². The fourth-order valence-electron chi connectivity index (χ4n) is 4.71. The van der Waals surface area contributed by atoms with Gasteiger partial charge in [0.2, 0.25) is 15.9 Å². The van der Waals surface area contributed by atoms with Gasteiger partial charge in [-0.15, -0.1) is 0 Å². The summed E-state index contributed by atoms with van der Waals surface area (Å²) in [6.07, 6.45) is 2.31. The topological polar surface area (TPSA) is 187 Å². The van der Waals surface area contributed by atoms with Crippen LogP contribution in [0.25, 0.3) is 0 Å². The van der Waals surface area contributed by atoms with Crippen molar-refractivity contribution < 1.29 is 27.9 Å². The molecule has 0 aliphatic heterocycles. The predicted molar refractivity (Wildman–Crippen MR) is 179 cm³/mol. The first-order valence-corrected chi connectivity index (χ1v) is 16.2. The number of sulfonamides is 1. The number of aryl methyl sites for hydroxylation is 1. The number of aliphatic hydroxyl groups is 1. The average molecular weight is 671 g/mol. The molecule has 0 saturated heterocycles. The van der Waals surface area contributed by atoms with Crippen molar-refractivity contribution in [2.75, 3.05) is 38.4 Å². The van der Waals surface area contributed by atoms with Crippen molar-refractivity contribution in [2.24, 2.45) is 0 Å². The molecule has 0 radical (unpaired) electrons. The van der Waals surface area contributed by atoms with Crippen molar-refractivity contribution >= 4 is 51.2 Å². The molecular weight excluding hydrogens is 632 g/mol. The van der Waals surface area contributed by atoms with Gasteiger partial charge in [0.25, 0.3) is 0 Å². The number of nitrogens with one attached hydrogen (secondary N) is 4. The lowest BCUT2D eigenvalue weighted by molar-refractivity contribution is -0.118. The van der Waals surface area contributed by atoms with Crippen molar-refractivity contribution in [2.45, 2.75) is 36.2 Å². The number of nitrogens with zero attached hydrogens (tertiary/aromatic N) is 1. The van der Waals surface area contributed by atoms with Crippen LogP contribution in [0.15, 0.2) is 89.5 Å². The molecule has 2 atom stereocenters. The van der Waals surface area contributed by atoms with E-state index in [1.54, 1.807) is 55.6 Å². The summed E-state index contributed by atoms with van der Waals surface area (Å²) >= 11 is 6.31. The Morgan fingerprint density at radius 1 is 1.07 bits per heavy atom. The third-order valence-corrected chi connectivity index (χ3v) is 9.44. The largest absolute Gasteiger partial charge is 0.453 e. The third kappa shape index (κ3) is 9.78. The molecule has 0 aliphatic rings. The summed E-state index contributed by atoms with van der Waals surface area (Å²) in [7, 11) is -1.30. The maximum Gasteiger partial charge on any atom is 0.407 e. The first kappa shape index (κ1) is 36.0. The van der Waals surface area contributed by atoms with Crippen molar-refractivity contribution in [3.8, 4) is 0 Å². The van der Waals surface area contributed by atoms with Crippen molar-refractivity contribution in [3.63, 3.8) is 0 Å². The van der Waals surface area contributed by atoms with Gasteiger partial charge >= 0.3 is 6.09 Å². The Bertz CT molecular complexity index is 1630. The number of para-hydroxylation sites is 1. The number of alkyl carbamates (subject to hydrolysis) is 1. The van der Waals surface area contributed by atoms with E-state index in [1.165, 1.54) is 37.6 Å². The number of methoxy groups -OCH3 is 1. The molecule has 0 spiro atoms. The second kappa shape index (κ2) is 17.3. The van der Waals surface area contributed by atoms with E-state index in [0.717, 1.165) is 10.5 Å². The smallest absolute Gasteiger partial charge is 0.407 e. The highest BCUT2D eigenvalue weighted by molar-refractivity contribution is 7.89. The number of rotatable bonds is 16. The number of carbonyl (C=O) groups excluding carboxylic acids is 2. The summed E-state index contributed by atoms with van der Waals surface area (Å²) in [5.74, 6) is -0.517. The van der Waals surface area contributed by atoms with Gasteiger partial charge < -0.3 is 36.9 Å². The number of nitrogen functional groups attached to an aromatic ring is 1. The van der Waals surface area contributed by atoms with E-state index in [4.69, 9.17) is 27.5 Å². The van der Waals surface area contributed by atoms with Crippen molar-refractivity contribution in [1.29, 1.82) is 5.41 Å². The lowest BCUT2D eigenvalue weighted by atomic mass is 10.0. The van der Waals surface area contributed by atoms with Gasteiger partial charge in [0.15, 0.2) is 0 Å². The first-order chi connectivity index (χ1) is 22.0. The number of halogens is 1. The van der Waals surface area contributed by atoms with Crippen LogP contribution in [-0.2, 0) is 32.4 Å². The molecule has 246 valence electrons. The number of nitrogens with two attached hydrogens (primary N) is 1. The molecular formula is C32H39ClN6O6S. The second-order valence-corrected chi connectivity index (χ2v) is 12.6. The van der Waals surface area contributed by atoms with Gasteiger partial charge in [-0.2, -0.15) is 4.31 Å². The van der Waals surface area contributed by atoms with E-state index in [9.17, 15) is 23.1 Å². The Balaban J connectivity index is 1.88. The highest BCUT2D eigenvalue weighted by Gasteiger charge is 2.32. The van der Waals surface area contributed by atoms with Crippen LogP contribution in [0.4, 0.5) is 16.2 Å². The lowest BCUT2D eigenvalue weighted by Gasteiger charge is -2.30. The number of benzene rings is 3. The van der Waals surface area contributed by atoms with Crippen molar-refractivity contribution in [3.05, 3.63) is 101 Å². The molecule has 0 aromatic heterocycles. The summed E-state index contributed by atoms with van der Waals surface area (Å²) in [5, 5.41) is 26.9. The highest BCUT2D eigenvalue weighted by Crippen LogP contribution is 2.25. The molecule has 46 heavy (non-hydrogen) atoms. The standard InChI is InChI=1S/C32H39ClN6O6S/c1-36-19-22(18-34)20-39(46(43,44)27-15-12-25(35)13-16-27)26(21-40)14-11-23-7-4-6-10-29(23)37-31(41)30(38-32(42)45-2)17-24-8-3-5-9-28(24)33/h3-10,12-13,15-16,18-19,26,30,34,36,40H,11,14,17,20-21,35H2,1-2H3,(H,37,41)(H,38,42)/b22-19+,34-18?/t26-,30-/m0/s1. The Labute approximate surface area is 274 Å². The Morgan fingerprint density at radius 3 is 2.33 bits per heavy atom. The van der Waals surface area contributed by atoms with Crippen LogP contribution in [0, 0.1) is 5.41 Å². The van der Waals surface area contributed by atoms with Gasteiger partial charge in [-0.1, -0.05) is 48.0 Å². The fraction of sp³-hybridized carbons (Fsp3) is 0.281. The van der Waals surface area contributed by atoms with Gasteiger partial charge in [-0.3, -0.25) is 4.79 Å². The Morgan fingerprint density at radius 2 is 1.72 bits per heavy atom. The average Bonchev–Trinajstić information content (AvgIpc) is 3.05. The van der Waals surface area contributed by atoms with Gasteiger partial charge in [-0.05, 0) is 60.4 Å². The molecule has 3 aromatic carbocycles. The molecule has 7 N–H and O–H groups in total. The molecule has 0 fully saturated rings. The number of carbonyl (C=O) groups is 2. The number of ether oxygens (including phenoxy) is 1. The van der Waals surface area contributed by atoms with Gasteiger partial charge in [0.05, 0.1) is 18.6 Å². The minimum Gasteiger partial charge on any atom is -0.453 e. The number of hydrogen-bond donors (Lipinski definition) is 6. The van der Waals surface area contributed by atoms with E-state index in [0.29, 0.717) is 33.1 Å². The molecule has 3 aromatic rings. The molecule has 12 nitrogen and oxygen atoms in total. The summed E-state index contributed by atoms with van der Waals surface area (Å²) in [6.45, 7) is -0.680. The minimum atomic E-state index is -4.13. The zero-order chi connectivity index (χ0) is 33.7. The quantitative estimate of drug-likeness (QED) is 0.0986. The molecule has 0 unspecified atom stereocenters. The number of amides is 2. The molecule has 0 heterocycles. The zero-order valence-corrected chi connectivity index (χ0v) is 27.1. The predicted octanol–water partition coefficient (Wildman–Crippen LogP) is 3.57. The Kier molecular flexibility index (Phi) is 13.6. The third-order valence-electron chi connectivity index (χ3n) is 7.16. The maximum absolute atomic E-state index is 13.8. The van der Waals surface area contributed by atoms with Crippen LogP contribution in [-0.4, -0.2) is 75.4 Å².